The smallest absolute Gasteiger partial charge is 0.0640 e. The van der Waals surface area contributed by atoms with Crippen LogP contribution < -0.4 is 9.80 Å². The van der Waals surface area contributed by atoms with E-state index in [2.05, 4.69) is 459 Å². The number of aromatic nitrogens is 2. The Morgan fingerprint density at radius 1 is 0.213 bits per heavy atom. The van der Waals surface area contributed by atoms with Crippen molar-refractivity contribution in [3.8, 4) is 67.0 Å². The van der Waals surface area contributed by atoms with Gasteiger partial charge in [-0.2, -0.15) is 0 Å². The average Bonchev–Trinajstić information content (AvgIpc) is 1.30. The number of fused-ring (bicyclic) bond motifs is 20. The fourth-order valence-electron chi connectivity index (χ4n) is 20.4. The normalized spacial score (nSPS) is 13.0. The Balaban J connectivity index is 0.000000139. The molecule has 23 aromatic rings. The van der Waals surface area contributed by atoms with Crippen molar-refractivity contribution in [3.05, 3.63) is 435 Å². The Labute approximate surface area is 716 Å². The Morgan fingerprint density at radius 2 is 0.639 bits per heavy atom. The molecule has 19 aromatic carbocycles. The van der Waals surface area contributed by atoms with Crippen LogP contribution in [0.5, 0.6) is 0 Å². The average molecular weight is 1590 g/mol. The number of benzene rings is 19. The molecule has 0 saturated carbocycles. The van der Waals surface area contributed by atoms with Gasteiger partial charge >= 0.3 is 0 Å². The molecule has 576 valence electrons. The van der Waals surface area contributed by atoms with E-state index >= 15 is 0 Å². The lowest BCUT2D eigenvalue weighted by Crippen LogP contribution is -2.16. The van der Waals surface area contributed by atoms with Crippen LogP contribution in [0.15, 0.2) is 413 Å². The van der Waals surface area contributed by atoms with E-state index in [1.54, 1.807) is 0 Å². The molecule has 4 aromatic heterocycles. The molecule has 0 amide bonds. The molecule has 4 heterocycles. The van der Waals surface area contributed by atoms with Gasteiger partial charge < -0.3 is 18.9 Å². The number of thiophene rings is 2. The van der Waals surface area contributed by atoms with E-state index in [0.717, 1.165) is 22.7 Å². The highest BCUT2D eigenvalue weighted by Gasteiger charge is 2.38. The Hall–Kier alpha value is -14.7. The summed E-state index contributed by atoms with van der Waals surface area (Å²) in [5.74, 6) is 0. The summed E-state index contributed by atoms with van der Waals surface area (Å²) in [6.45, 7) is 9.46. The van der Waals surface area contributed by atoms with Crippen LogP contribution in [-0.2, 0) is 10.8 Å². The maximum atomic E-state index is 2.47. The van der Waals surface area contributed by atoms with E-state index < -0.39 is 0 Å². The molecule has 0 N–H and O–H groups in total. The van der Waals surface area contributed by atoms with Crippen LogP contribution >= 0.6 is 22.7 Å². The third-order valence-electron chi connectivity index (χ3n) is 26.4. The molecular formula is C116H80N4S2. The zero-order chi connectivity index (χ0) is 81.1. The van der Waals surface area contributed by atoms with E-state index in [1.165, 1.54) is 206 Å². The molecule has 0 aliphatic heterocycles. The first-order valence-corrected chi connectivity index (χ1v) is 43.9. The minimum absolute atomic E-state index is 0.100. The van der Waals surface area contributed by atoms with Crippen LogP contribution in [-0.4, -0.2) is 9.13 Å². The predicted octanol–water partition coefficient (Wildman–Crippen LogP) is 33.2. The predicted molar refractivity (Wildman–Crippen MR) is 523 cm³/mol. The summed E-state index contributed by atoms with van der Waals surface area (Å²) in [5.41, 5.74) is 31.9. The fourth-order valence-corrected chi connectivity index (χ4v) is 22.7. The van der Waals surface area contributed by atoms with Crippen molar-refractivity contribution in [2.45, 2.75) is 38.5 Å². The number of nitrogens with zero attached hydrogens (tertiary/aromatic N) is 4. The zero-order valence-electron chi connectivity index (χ0n) is 67.9. The highest BCUT2D eigenvalue weighted by Crippen LogP contribution is 2.55. The first-order valence-electron chi connectivity index (χ1n) is 42.3. The van der Waals surface area contributed by atoms with Gasteiger partial charge in [-0.25, -0.2) is 0 Å². The van der Waals surface area contributed by atoms with Gasteiger partial charge in [0, 0.05) is 108 Å². The number of para-hydroxylation sites is 3. The van der Waals surface area contributed by atoms with Gasteiger partial charge in [0.15, 0.2) is 0 Å². The molecule has 122 heavy (non-hydrogen) atoms. The summed E-state index contributed by atoms with van der Waals surface area (Å²) in [6, 6.07) is 153. The maximum absolute atomic E-state index is 2.47. The maximum Gasteiger partial charge on any atom is 0.0640 e. The van der Waals surface area contributed by atoms with E-state index in [-0.39, 0.29) is 10.8 Å². The summed E-state index contributed by atoms with van der Waals surface area (Å²) in [6.07, 6.45) is 0. The molecule has 0 saturated heterocycles. The minimum atomic E-state index is -0.129. The minimum Gasteiger partial charge on any atom is -0.310 e. The summed E-state index contributed by atoms with van der Waals surface area (Å²) < 4.78 is 10.1. The molecule has 0 radical (unpaired) electrons. The zero-order valence-corrected chi connectivity index (χ0v) is 69.5. The molecule has 0 unspecified atom stereocenters. The van der Waals surface area contributed by atoms with Crippen molar-refractivity contribution < 1.29 is 0 Å². The van der Waals surface area contributed by atoms with Crippen LogP contribution in [0.3, 0.4) is 0 Å². The topological polar surface area (TPSA) is 16.3 Å². The summed E-state index contributed by atoms with van der Waals surface area (Å²) in [4.78, 5) is 4.95. The highest BCUT2D eigenvalue weighted by molar-refractivity contribution is 7.26. The molecule has 0 bridgehead atoms. The molecular weight excluding hydrogens is 1510 g/mol. The van der Waals surface area contributed by atoms with Crippen molar-refractivity contribution in [1.82, 2.24) is 9.13 Å². The van der Waals surface area contributed by atoms with Crippen molar-refractivity contribution >= 4 is 162 Å². The van der Waals surface area contributed by atoms with Crippen molar-refractivity contribution in [3.63, 3.8) is 0 Å². The van der Waals surface area contributed by atoms with E-state index in [0.29, 0.717) is 0 Å². The van der Waals surface area contributed by atoms with Crippen LogP contribution in [0.25, 0.3) is 173 Å². The lowest BCUT2D eigenvalue weighted by molar-refractivity contribution is 0.660. The van der Waals surface area contributed by atoms with E-state index in [1.807, 2.05) is 22.7 Å². The first kappa shape index (κ1) is 71.4. The lowest BCUT2D eigenvalue weighted by Gasteiger charge is -2.29. The number of hydrogen-bond donors (Lipinski definition) is 0. The van der Waals surface area contributed by atoms with Gasteiger partial charge in [-0.05, 0) is 240 Å². The van der Waals surface area contributed by atoms with E-state index in [4.69, 9.17) is 0 Å². The number of rotatable bonds is 11. The Morgan fingerprint density at radius 3 is 1.27 bits per heavy atom. The van der Waals surface area contributed by atoms with Crippen molar-refractivity contribution in [2.75, 3.05) is 9.80 Å². The molecule has 25 rings (SSSR count). The second kappa shape index (κ2) is 28.0. The van der Waals surface area contributed by atoms with Gasteiger partial charge in [0.2, 0.25) is 0 Å². The molecule has 0 fully saturated rings. The quantitative estimate of drug-likeness (QED) is 0.128. The van der Waals surface area contributed by atoms with Gasteiger partial charge in [-0.15, -0.1) is 22.7 Å². The van der Waals surface area contributed by atoms with Crippen LogP contribution in [0, 0.1) is 0 Å². The summed E-state index contributed by atoms with van der Waals surface area (Å²) in [5, 5.41) is 15.2. The van der Waals surface area contributed by atoms with Gasteiger partial charge in [0.05, 0.1) is 38.1 Å². The Bertz CT molecular complexity index is 8210. The summed E-state index contributed by atoms with van der Waals surface area (Å²) >= 11 is 3.74. The van der Waals surface area contributed by atoms with Crippen LogP contribution in [0.1, 0.15) is 49.9 Å². The largest absolute Gasteiger partial charge is 0.310 e. The molecule has 4 nitrogen and oxygen atoms in total. The standard InChI is InChI=1S/C61H42N2S.C55H38N2S/c1-61(2)54-21-11-8-17-47(54)48-31-30-44(38-55(48)61)62(43-28-24-39(25-29-43)40-27-35-60-53(36-40)51-20-10-13-23-59(51)64-60)57-34-32-45(46-16-6-7-18-49(46)57)41-26-33-58-52(37-41)50-19-9-12-22-56(50)63(58)42-14-4-3-5-15-42;1-55(2)48-18-8-5-14-42(48)43-30-29-41(34-49(43)55)56(52-20-11-17-46-45-16-7-10-21-53(45)58-54(46)52)39-26-22-36(23-27-39)38-25-31-51-47(33-38)44-15-6-9-19-50(44)57(51)40-28-24-35-12-3-4-13-37(35)32-40/h3-38H,1-2H3;3-34H,1-2H3. The third kappa shape index (κ3) is 11.3. The molecule has 2 aliphatic rings. The fraction of sp³-hybridized carbons (Fsp3) is 0.0517. The SMILES string of the molecule is CC1(C)c2ccccc2-c2ccc(N(c3ccc(-c4ccc5c(c4)c4ccccc4n5-c4ccc5ccccc5c4)cc3)c3cccc4c3sc3ccccc34)cc21.CC1(C)c2ccccc2-c2ccc(N(c3ccc(-c4ccc5sc6ccccc6c5c4)cc3)c3ccc(-c4ccc5c(c4)c4ccccc4n5-c4ccccc4)c4ccccc34)cc21. The highest BCUT2D eigenvalue weighted by atomic mass is 32.1. The van der Waals surface area contributed by atoms with Crippen molar-refractivity contribution in [1.29, 1.82) is 0 Å². The third-order valence-corrected chi connectivity index (χ3v) is 28.7. The first-order chi connectivity index (χ1) is 60.0. The van der Waals surface area contributed by atoms with Gasteiger partial charge in [-0.3, -0.25) is 0 Å². The molecule has 6 heteroatoms. The number of anilines is 6. The number of hydrogen-bond acceptors (Lipinski definition) is 4. The molecule has 0 atom stereocenters. The summed E-state index contributed by atoms with van der Waals surface area (Å²) in [7, 11) is 0. The van der Waals surface area contributed by atoms with Crippen LogP contribution in [0.4, 0.5) is 34.1 Å². The van der Waals surface area contributed by atoms with Crippen LogP contribution in [0.2, 0.25) is 0 Å². The lowest BCUT2D eigenvalue weighted by atomic mass is 9.82. The van der Waals surface area contributed by atoms with E-state index in [9.17, 15) is 0 Å². The monoisotopic (exact) mass is 1590 g/mol. The molecule has 2 aliphatic carbocycles. The Kier molecular flexibility index (Phi) is 16.4. The van der Waals surface area contributed by atoms with Gasteiger partial charge in [-0.1, -0.05) is 295 Å². The van der Waals surface area contributed by atoms with Gasteiger partial charge in [0.1, 0.15) is 0 Å². The molecule has 0 spiro atoms. The second-order valence-electron chi connectivity index (χ2n) is 33.8. The van der Waals surface area contributed by atoms with Crippen molar-refractivity contribution in [2.24, 2.45) is 0 Å². The second-order valence-corrected chi connectivity index (χ2v) is 36.0. The van der Waals surface area contributed by atoms with Gasteiger partial charge in [0.25, 0.3) is 0 Å².